The summed E-state index contributed by atoms with van der Waals surface area (Å²) in [4.78, 5) is 24.5. The van der Waals surface area contributed by atoms with Gasteiger partial charge in [0.2, 0.25) is 0 Å². The first-order chi connectivity index (χ1) is 18.3. The maximum atomic E-state index is 15.1. The van der Waals surface area contributed by atoms with Crippen LogP contribution in [0.2, 0.25) is 0 Å². The molecule has 5 rings (SSSR count). The Balaban J connectivity index is 1.38. The van der Waals surface area contributed by atoms with Gasteiger partial charge in [-0.05, 0) is 43.7 Å². The third kappa shape index (κ3) is 5.06. The van der Waals surface area contributed by atoms with Crippen LogP contribution >= 0.6 is 0 Å². The fourth-order valence-electron chi connectivity index (χ4n) is 4.74. The lowest BCUT2D eigenvalue weighted by molar-refractivity contribution is -0.136. The van der Waals surface area contributed by atoms with Gasteiger partial charge in [-0.15, -0.1) is 0 Å². The molecule has 0 saturated carbocycles. The topological polar surface area (TPSA) is 89.2 Å². The number of nitrogens with one attached hydrogen (secondary N) is 1. The smallest absolute Gasteiger partial charge is 0.307 e. The highest BCUT2D eigenvalue weighted by molar-refractivity contribution is 6.06. The van der Waals surface area contributed by atoms with Gasteiger partial charge in [0, 0.05) is 40.0 Å². The lowest BCUT2D eigenvalue weighted by Gasteiger charge is -2.12. The van der Waals surface area contributed by atoms with Crippen molar-refractivity contribution in [1.29, 1.82) is 0 Å². The Bertz CT molecular complexity index is 1650. The van der Waals surface area contributed by atoms with Crippen molar-refractivity contribution in [3.05, 3.63) is 118 Å². The van der Waals surface area contributed by atoms with E-state index in [0.29, 0.717) is 40.4 Å². The van der Waals surface area contributed by atoms with Crippen LogP contribution in [0.4, 0.5) is 10.1 Å². The third-order valence-corrected chi connectivity index (χ3v) is 6.72. The maximum Gasteiger partial charge on any atom is 0.307 e. The minimum absolute atomic E-state index is 0.133. The molecule has 0 unspecified atom stereocenters. The van der Waals surface area contributed by atoms with Crippen molar-refractivity contribution < 1.29 is 19.1 Å². The van der Waals surface area contributed by atoms with Crippen LogP contribution in [0.5, 0.6) is 0 Å². The van der Waals surface area contributed by atoms with E-state index in [1.54, 1.807) is 30.7 Å². The van der Waals surface area contributed by atoms with Gasteiger partial charge in [0.1, 0.15) is 11.5 Å². The van der Waals surface area contributed by atoms with Crippen LogP contribution in [0.3, 0.4) is 0 Å². The lowest BCUT2D eigenvalue weighted by Crippen LogP contribution is -2.18. The number of rotatable bonds is 8. The summed E-state index contributed by atoms with van der Waals surface area (Å²) in [5, 5.41) is 17.3. The van der Waals surface area contributed by atoms with Crippen LogP contribution in [0.1, 0.15) is 38.6 Å². The van der Waals surface area contributed by atoms with Crippen LogP contribution in [0, 0.1) is 19.7 Å². The number of carboxylic acid groups (broad SMARTS) is 1. The van der Waals surface area contributed by atoms with Gasteiger partial charge in [0.25, 0.3) is 5.91 Å². The summed E-state index contributed by atoms with van der Waals surface area (Å²) in [5.41, 5.74) is 5.14. The molecule has 8 heteroatoms. The Kier molecular flexibility index (Phi) is 6.79. The Morgan fingerprint density at radius 2 is 1.68 bits per heavy atom. The highest BCUT2D eigenvalue weighted by atomic mass is 19.1. The van der Waals surface area contributed by atoms with Crippen molar-refractivity contribution in [3.8, 4) is 0 Å². The number of halogens is 1. The number of nitrogens with zero attached hydrogens (tertiary/aromatic N) is 3. The summed E-state index contributed by atoms with van der Waals surface area (Å²) >= 11 is 0. The summed E-state index contributed by atoms with van der Waals surface area (Å²) in [7, 11) is 0. The van der Waals surface area contributed by atoms with Gasteiger partial charge in [0.05, 0.1) is 18.7 Å². The zero-order valence-corrected chi connectivity index (χ0v) is 21.1. The third-order valence-electron chi connectivity index (χ3n) is 6.72. The molecule has 7 nitrogen and oxygen atoms in total. The normalized spacial score (nSPS) is 11.1. The number of benzene rings is 3. The minimum Gasteiger partial charge on any atom is -0.481 e. The number of carbonyl (C=O) groups excluding carboxylic acids is 1. The number of carboxylic acids is 1. The number of amides is 1. The molecule has 2 aromatic heterocycles. The largest absolute Gasteiger partial charge is 0.481 e. The number of aromatic nitrogens is 3. The van der Waals surface area contributed by atoms with Gasteiger partial charge < -0.3 is 15.0 Å². The molecule has 5 aromatic rings. The van der Waals surface area contributed by atoms with Crippen molar-refractivity contribution >= 4 is 28.5 Å². The van der Waals surface area contributed by atoms with Gasteiger partial charge >= 0.3 is 5.97 Å². The second-order valence-corrected chi connectivity index (χ2v) is 9.30. The van der Waals surface area contributed by atoms with Crippen LogP contribution < -0.4 is 5.32 Å². The van der Waals surface area contributed by atoms with Gasteiger partial charge in [-0.25, -0.2) is 4.39 Å². The first-order valence-electron chi connectivity index (χ1n) is 12.3. The first-order valence-corrected chi connectivity index (χ1v) is 12.3. The van der Waals surface area contributed by atoms with Crippen LogP contribution in [-0.4, -0.2) is 31.3 Å². The molecule has 0 radical (unpaired) electrons. The van der Waals surface area contributed by atoms with Crippen molar-refractivity contribution in [2.75, 3.05) is 5.32 Å². The molecule has 38 heavy (non-hydrogen) atoms. The molecular weight excluding hydrogens is 483 g/mol. The van der Waals surface area contributed by atoms with Crippen molar-refractivity contribution in [2.24, 2.45) is 0 Å². The summed E-state index contributed by atoms with van der Waals surface area (Å²) in [6, 6.07) is 24.1. The molecule has 3 aromatic carbocycles. The summed E-state index contributed by atoms with van der Waals surface area (Å²) in [6.45, 7) is 4.20. The monoisotopic (exact) mass is 510 g/mol. The fourth-order valence-corrected chi connectivity index (χ4v) is 4.74. The Labute approximate surface area is 219 Å². The SMILES string of the molecule is Cc1nn(Cc2ccc(NC(=O)c3cc4ccccc4n3Cc3ccccc3)cc2F)c(C)c1CC(=O)O. The molecule has 0 aliphatic rings. The Morgan fingerprint density at radius 3 is 2.42 bits per heavy atom. The average molecular weight is 511 g/mol. The van der Waals surface area contributed by atoms with Crippen LogP contribution in [-0.2, 0) is 24.3 Å². The number of anilines is 1. The summed E-state index contributed by atoms with van der Waals surface area (Å²) in [5.74, 6) is -1.76. The molecule has 0 atom stereocenters. The molecule has 2 N–H and O–H groups in total. The predicted octanol–water partition coefficient (Wildman–Crippen LogP) is 5.57. The zero-order chi connectivity index (χ0) is 26.8. The summed E-state index contributed by atoms with van der Waals surface area (Å²) in [6.07, 6.45) is -0.133. The fraction of sp³-hybridized carbons (Fsp3) is 0.167. The molecule has 1 amide bonds. The van der Waals surface area contributed by atoms with Gasteiger partial charge in [-0.2, -0.15) is 5.10 Å². The number of hydrogen-bond donors (Lipinski definition) is 2. The van der Waals surface area contributed by atoms with Crippen molar-refractivity contribution in [1.82, 2.24) is 14.3 Å². The van der Waals surface area contributed by atoms with Crippen molar-refractivity contribution in [3.63, 3.8) is 0 Å². The standard InChI is InChI=1S/C30H27FN4O3/c1-19-25(16-29(36)37)20(2)35(33-19)18-23-12-13-24(15-26(23)31)32-30(38)28-14-22-10-6-7-11-27(22)34(28)17-21-8-4-3-5-9-21/h3-15H,16-18H2,1-2H3,(H,32,38)(H,36,37). The number of aliphatic carboxylic acids is 1. The highest BCUT2D eigenvalue weighted by Gasteiger charge is 2.18. The maximum absolute atomic E-state index is 15.1. The second kappa shape index (κ2) is 10.3. The predicted molar refractivity (Wildman–Crippen MR) is 144 cm³/mol. The molecule has 0 aliphatic heterocycles. The van der Waals surface area contributed by atoms with E-state index in [0.717, 1.165) is 16.5 Å². The molecular formula is C30H27FN4O3. The highest BCUT2D eigenvalue weighted by Crippen LogP contribution is 2.24. The second-order valence-electron chi connectivity index (χ2n) is 9.30. The Morgan fingerprint density at radius 1 is 0.947 bits per heavy atom. The molecule has 192 valence electrons. The van der Waals surface area contributed by atoms with Crippen molar-refractivity contribution in [2.45, 2.75) is 33.4 Å². The van der Waals surface area contributed by atoms with Crippen LogP contribution in [0.25, 0.3) is 10.9 Å². The average Bonchev–Trinajstić information content (AvgIpc) is 3.38. The van der Waals surface area contributed by atoms with E-state index < -0.39 is 11.8 Å². The van der Waals surface area contributed by atoms with E-state index in [9.17, 15) is 9.59 Å². The van der Waals surface area contributed by atoms with E-state index in [-0.39, 0.29) is 18.9 Å². The van der Waals surface area contributed by atoms with Crippen LogP contribution in [0.15, 0.2) is 78.9 Å². The summed E-state index contributed by atoms with van der Waals surface area (Å²) < 4.78 is 18.6. The molecule has 0 bridgehead atoms. The first kappa shape index (κ1) is 25.0. The van der Waals surface area contributed by atoms with E-state index in [4.69, 9.17) is 5.11 Å². The zero-order valence-electron chi connectivity index (χ0n) is 21.1. The number of hydrogen-bond acceptors (Lipinski definition) is 3. The molecule has 0 saturated heterocycles. The van der Waals surface area contributed by atoms with Gasteiger partial charge in [0.15, 0.2) is 0 Å². The molecule has 0 spiro atoms. The number of para-hydroxylation sites is 1. The van der Waals surface area contributed by atoms with E-state index in [1.165, 1.54) is 6.07 Å². The van der Waals surface area contributed by atoms with Gasteiger partial charge in [-0.3, -0.25) is 14.3 Å². The quantitative estimate of drug-likeness (QED) is 0.286. The number of aryl methyl sites for hydroxylation is 1. The molecule has 0 aliphatic carbocycles. The number of fused-ring (bicyclic) bond motifs is 1. The Hall–Kier alpha value is -4.72. The van der Waals surface area contributed by atoms with Gasteiger partial charge in [-0.1, -0.05) is 54.6 Å². The van der Waals surface area contributed by atoms with E-state index in [1.807, 2.05) is 65.2 Å². The minimum atomic E-state index is -0.940. The van der Waals surface area contributed by atoms with E-state index in [2.05, 4.69) is 10.4 Å². The van der Waals surface area contributed by atoms with E-state index >= 15 is 4.39 Å². The lowest BCUT2D eigenvalue weighted by atomic mass is 10.1. The molecule has 2 heterocycles. The molecule has 0 fully saturated rings. The number of carbonyl (C=O) groups is 2.